The molecule has 3 aromatic rings. The lowest BCUT2D eigenvalue weighted by Crippen LogP contribution is -2.33. The minimum absolute atomic E-state index is 0.0388. The summed E-state index contributed by atoms with van der Waals surface area (Å²) in [5.74, 6) is -0.0774. The van der Waals surface area contributed by atoms with Crippen LogP contribution in [0.1, 0.15) is 27.2 Å². The van der Waals surface area contributed by atoms with E-state index in [-0.39, 0.29) is 57.5 Å². The van der Waals surface area contributed by atoms with Crippen LogP contribution < -0.4 is 30.2 Å². The molecule has 0 aliphatic carbocycles. The number of halogens is 2. The Morgan fingerprint density at radius 1 is 1.20 bits per heavy atom. The normalized spacial score (nSPS) is 14.3. The summed E-state index contributed by atoms with van der Waals surface area (Å²) in [5.41, 5.74) is 7.36. The van der Waals surface area contributed by atoms with Crippen molar-refractivity contribution in [1.29, 1.82) is 0 Å². The van der Waals surface area contributed by atoms with Gasteiger partial charge in [-0.1, -0.05) is 23.2 Å². The van der Waals surface area contributed by atoms with Crippen LogP contribution in [0.4, 0.5) is 11.8 Å². The number of hydrogen-bond donors (Lipinski definition) is 5. The number of aliphatic hydroxyl groups excluding tert-OH is 2. The molecule has 212 valence electrons. The van der Waals surface area contributed by atoms with Gasteiger partial charge in [0.1, 0.15) is 5.15 Å². The van der Waals surface area contributed by atoms with Gasteiger partial charge in [0.25, 0.3) is 11.8 Å². The van der Waals surface area contributed by atoms with Gasteiger partial charge in [-0.2, -0.15) is 4.98 Å². The smallest absolute Gasteiger partial charge is 0.260 e. The monoisotopic (exact) mass is 592 g/mol. The van der Waals surface area contributed by atoms with E-state index in [0.29, 0.717) is 22.8 Å². The average molecular weight is 593 g/mol. The number of aromatic nitrogens is 3. The van der Waals surface area contributed by atoms with Gasteiger partial charge in [0.15, 0.2) is 17.3 Å². The van der Waals surface area contributed by atoms with E-state index in [4.69, 9.17) is 48.3 Å². The molecule has 15 heteroatoms. The van der Waals surface area contributed by atoms with Gasteiger partial charge in [0.2, 0.25) is 11.7 Å². The predicted octanol–water partition coefficient (Wildman–Crippen LogP) is 1.89. The van der Waals surface area contributed by atoms with Crippen LogP contribution in [0.3, 0.4) is 0 Å². The Balaban J connectivity index is 1.72. The Morgan fingerprint density at radius 2 is 1.93 bits per heavy atom. The van der Waals surface area contributed by atoms with Crippen molar-refractivity contribution in [1.82, 2.24) is 20.3 Å². The number of carbonyl (C=O) groups excluding carboxylic acids is 2. The lowest BCUT2D eigenvalue weighted by atomic mass is 10.1. The summed E-state index contributed by atoms with van der Waals surface area (Å²) in [6.45, 7) is -0.676. The number of carbonyl (C=O) groups is 2. The molecule has 6 N–H and O–H groups in total. The molecule has 40 heavy (non-hydrogen) atoms. The van der Waals surface area contributed by atoms with Crippen molar-refractivity contribution in [2.24, 2.45) is 0 Å². The number of nitrogens with one attached hydrogen (secondary N) is 2. The highest BCUT2D eigenvalue weighted by Crippen LogP contribution is 2.47. The van der Waals surface area contributed by atoms with Crippen LogP contribution >= 0.6 is 23.2 Å². The number of nitrogen functional groups attached to an aromatic ring is 1. The molecule has 2 aromatic heterocycles. The first kappa shape index (κ1) is 29.0. The zero-order chi connectivity index (χ0) is 29.1. The third-order valence-electron chi connectivity index (χ3n) is 6.01. The number of methoxy groups -OCH3 is 3. The van der Waals surface area contributed by atoms with Crippen molar-refractivity contribution in [2.75, 3.05) is 45.1 Å². The van der Waals surface area contributed by atoms with Gasteiger partial charge in [-0.05, 0) is 23.8 Å². The molecule has 3 heterocycles. The second-order valence-corrected chi connectivity index (χ2v) is 9.27. The summed E-state index contributed by atoms with van der Waals surface area (Å²) in [7, 11) is 4.33. The molecule has 2 amide bonds. The molecular weight excluding hydrogens is 567 g/mol. The first-order chi connectivity index (χ1) is 19.1. The molecule has 1 aromatic carbocycles. The fourth-order valence-corrected chi connectivity index (χ4v) is 4.66. The van der Waals surface area contributed by atoms with Crippen LogP contribution in [0, 0.1) is 0 Å². The molecule has 1 unspecified atom stereocenters. The van der Waals surface area contributed by atoms with Crippen LogP contribution in [0.25, 0.3) is 11.6 Å². The lowest BCUT2D eigenvalue weighted by Gasteiger charge is -2.20. The van der Waals surface area contributed by atoms with Gasteiger partial charge in [0.05, 0.1) is 62.3 Å². The van der Waals surface area contributed by atoms with E-state index in [1.807, 2.05) is 0 Å². The van der Waals surface area contributed by atoms with Gasteiger partial charge < -0.3 is 40.5 Å². The molecule has 13 nitrogen and oxygen atoms in total. The molecule has 0 radical (unpaired) electrons. The van der Waals surface area contributed by atoms with E-state index < -0.39 is 24.5 Å². The maximum Gasteiger partial charge on any atom is 0.260 e. The molecule has 4 rings (SSSR count). The van der Waals surface area contributed by atoms with Gasteiger partial charge >= 0.3 is 0 Å². The maximum absolute atomic E-state index is 13.7. The van der Waals surface area contributed by atoms with Crippen LogP contribution in [0.15, 0.2) is 18.3 Å². The van der Waals surface area contributed by atoms with Crippen molar-refractivity contribution < 1.29 is 34.0 Å². The second kappa shape index (κ2) is 12.0. The molecule has 1 aliphatic heterocycles. The van der Waals surface area contributed by atoms with Crippen molar-refractivity contribution >= 4 is 58.4 Å². The quantitative estimate of drug-likeness (QED) is 0.172. The van der Waals surface area contributed by atoms with Crippen molar-refractivity contribution in [3.63, 3.8) is 0 Å². The van der Waals surface area contributed by atoms with E-state index in [2.05, 4.69) is 20.3 Å². The van der Waals surface area contributed by atoms with Gasteiger partial charge in [-0.25, -0.2) is 4.98 Å². The van der Waals surface area contributed by atoms with Gasteiger partial charge in [0, 0.05) is 18.4 Å². The van der Waals surface area contributed by atoms with Crippen molar-refractivity contribution in [3.05, 3.63) is 50.9 Å². The Labute approximate surface area is 238 Å². The van der Waals surface area contributed by atoms with Crippen LogP contribution in [-0.2, 0) is 11.3 Å². The van der Waals surface area contributed by atoms with Crippen molar-refractivity contribution in [3.8, 4) is 17.2 Å². The highest BCUT2D eigenvalue weighted by atomic mass is 35.5. The average Bonchev–Trinajstić information content (AvgIpc) is 3.51. The number of aromatic amines is 1. The number of rotatable bonds is 10. The molecule has 0 bridgehead atoms. The number of fused-ring (bicyclic) bond motifs is 1. The third kappa shape index (κ3) is 5.49. The molecule has 0 fully saturated rings. The van der Waals surface area contributed by atoms with E-state index in [1.54, 1.807) is 6.07 Å². The fraction of sp³-hybridized carbons (Fsp3) is 0.280. The number of hydrogen-bond acceptors (Lipinski definition) is 10. The molecule has 1 aliphatic rings. The summed E-state index contributed by atoms with van der Waals surface area (Å²) in [6, 6.07) is 3.12. The summed E-state index contributed by atoms with van der Waals surface area (Å²) in [5, 5.41) is 21.1. The Bertz CT molecular complexity index is 1490. The first-order valence-corrected chi connectivity index (χ1v) is 12.5. The zero-order valence-corrected chi connectivity index (χ0v) is 23.1. The Morgan fingerprint density at radius 3 is 2.58 bits per heavy atom. The Hall–Kier alpha value is -4.04. The molecular formula is C25H26Cl2N6O7. The zero-order valence-electron chi connectivity index (χ0n) is 21.6. The standard InChI is InChI=1S/C25H26Cl2N6O7/c1-38-16-5-12(18(26)20(40-3)19(16)39-2)9-33-22-17(21(27)31-25(28)32-22)15(24(33)37)6-13-4-11(7-29-13)23(36)30-8-14(35)10-34/h4-7,14,29,34-35H,8-10H2,1-3H3,(H,30,36)(H2,28,31,32). The summed E-state index contributed by atoms with van der Waals surface area (Å²) in [4.78, 5) is 38.7. The van der Waals surface area contributed by atoms with E-state index in [9.17, 15) is 14.7 Å². The minimum atomic E-state index is -1.09. The van der Waals surface area contributed by atoms with Crippen LogP contribution in [0.5, 0.6) is 17.2 Å². The number of anilines is 2. The highest BCUT2D eigenvalue weighted by molar-refractivity contribution is 6.41. The number of nitrogens with zero attached hydrogens (tertiary/aromatic N) is 3. The minimum Gasteiger partial charge on any atom is -0.493 e. The second-order valence-electron chi connectivity index (χ2n) is 8.53. The molecule has 0 saturated carbocycles. The van der Waals surface area contributed by atoms with Crippen LogP contribution in [0.2, 0.25) is 10.2 Å². The highest BCUT2D eigenvalue weighted by Gasteiger charge is 2.38. The Kier molecular flexibility index (Phi) is 8.69. The lowest BCUT2D eigenvalue weighted by molar-refractivity contribution is -0.113. The molecule has 0 spiro atoms. The van der Waals surface area contributed by atoms with E-state index >= 15 is 0 Å². The largest absolute Gasteiger partial charge is 0.493 e. The van der Waals surface area contributed by atoms with Gasteiger partial charge in [-0.3, -0.25) is 14.5 Å². The van der Waals surface area contributed by atoms with Crippen LogP contribution in [-0.4, -0.2) is 77.6 Å². The van der Waals surface area contributed by atoms with E-state index in [1.165, 1.54) is 44.6 Å². The molecule has 0 saturated heterocycles. The topological polar surface area (TPSA) is 185 Å². The number of nitrogens with two attached hydrogens (primary N) is 1. The third-order valence-corrected chi connectivity index (χ3v) is 6.70. The fourth-order valence-electron chi connectivity index (χ4n) is 4.11. The number of H-pyrrole nitrogens is 1. The summed E-state index contributed by atoms with van der Waals surface area (Å²) < 4.78 is 16.2. The number of benzene rings is 1. The SMILES string of the molecule is COc1cc(CN2C(=O)C(=Cc3cc(C(=O)NCC(O)CO)c[nH]3)c3c(Cl)nc(N)nc32)c(Cl)c(OC)c1OC. The summed E-state index contributed by atoms with van der Waals surface area (Å²) in [6.07, 6.45) is 1.85. The first-order valence-electron chi connectivity index (χ1n) is 11.7. The van der Waals surface area contributed by atoms with Gasteiger partial charge in [-0.15, -0.1) is 0 Å². The number of ether oxygens (including phenoxy) is 3. The summed E-state index contributed by atoms with van der Waals surface area (Å²) >= 11 is 13.0. The number of aliphatic hydroxyl groups is 2. The van der Waals surface area contributed by atoms with Crippen molar-refractivity contribution in [2.45, 2.75) is 12.6 Å². The molecule has 1 atom stereocenters. The van der Waals surface area contributed by atoms with E-state index in [0.717, 1.165) is 0 Å². The number of amides is 2. The maximum atomic E-state index is 13.7. The predicted molar refractivity (Wildman–Crippen MR) is 148 cm³/mol.